The molecule has 0 aliphatic rings. The molecule has 2 rings (SSSR count). The zero-order valence-electron chi connectivity index (χ0n) is 13.0. The highest BCUT2D eigenvalue weighted by molar-refractivity contribution is 6.30. The van der Waals surface area contributed by atoms with Crippen molar-refractivity contribution in [2.45, 2.75) is 39.8 Å². The maximum Gasteiger partial charge on any atom is 0.131 e. The van der Waals surface area contributed by atoms with E-state index >= 15 is 0 Å². The topological polar surface area (TPSA) is 39.1 Å². The van der Waals surface area contributed by atoms with Gasteiger partial charge in [0.05, 0.1) is 11.8 Å². The molecule has 0 saturated heterocycles. The summed E-state index contributed by atoms with van der Waals surface area (Å²) in [6.45, 7) is 6.79. The Kier molecular flexibility index (Phi) is 5.12. The molecule has 0 aliphatic carbocycles. The van der Waals surface area contributed by atoms with Gasteiger partial charge in [0.25, 0.3) is 0 Å². The molecule has 0 aliphatic heterocycles. The number of ether oxygens (including phenoxy) is 1. The highest BCUT2D eigenvalue weighted by Crippen LogP contribution is 2.23. The first kappa shape index (κ1) is 15.7. The van der Waals surface area contributed by atoms with Gasteiger partial charge < -0.3 is 10.1 Å². The fraction of sp³-hybridized carbons (Fsp3) is 0.438. The molecule has 0 saturated carbocycles. The maximum atomic E-state index is 6.23. The van der Waals surface area contributed by atoms with E-state index in [-0.39, 0.29) is 6.10 Å². The van der Waals surface area contributed by atoms with Crippen LogP contribution in [0, 0.1) is 6.92 Å². The monoisotopic (exact) mass is 307 g/mol. The van der Waals surface area contributed by atoms with Gasteiger partial charge in [-0.3, -0.25) is 4.68 Å². The van der Waals surface area contributed by atoms with Crippen LogP contribution in [-0.4, -0.2) is 15.9 Å². The number of hydrogen-bond acceptors (Lipinski definition) is 3. The second-order valence-electron chi connectivity index (χ2n) is 5.20. The van der Waals surface area contributed by atoms with Gasteiger partial charge >= 0.3 is 0 Å². The average Bonchev–Trinajstić information content (AvgIpc) is 2.70. The van der Waals surface area contributed by atoms with Crippen molar-refractivity contribution in [3.63, 3.8) is 0 Å². The molecule has 0 bridgehead atoms. The van der Waals surface area contributed by atoms with Gasteiger partial charge in [-0.05, 0) is 32.4 Å². The predicted molar refractivity (Wildman–Crippen MR) is 87.1 cm³/mol. The van der Waals surface area contributed by atoms with E-state index < -0.39 is 0 Å². The third kappa shape index (κ3) is 3.91. The fourth-order valence-corrected chi connectivity index (χ4v) is 2.30. The number of aromatic nitrogens is 2. The zero-order chi connectivity index (χ0) is 15.4. The molecule has 1 heterocycles. The molecule has 1 aromatic heterocycles. The van der Waals surface area contributed by atoms with Gasteiger partial charge in [0.2, 0.25) is 0 Å². The first-order chi connectivity index (χ1) is 10.0. The Bertz CT molecular complexity index is 610. The van der Waals surface area contributed by atoms with Crippen molar-refractivity contribution in [3.05, 3.63) is 40.7 Å². The van der Waals surface area contributed by atoms with Gasteiger partial charge in [-0.2, -0.15) is 5.10 Å². The lowest BCUT2D eigenvalue weighted by Gasteiger charge is -2.14. The first-order valence-electron chi connectivity index (χ1n) is 7.19. The molecule has 114 valence electrons. The van der Waals surface area contributed by atoms with Crippen LogP contribution in [-0.2, 0) is 13.6 Å². The average molecular weight is 308 g/mol. The number of halogens is 1. The van der Waals surface area contributed by atoms with Crippen LogP contribution >= 0.6 is 11.6 Å². The second kappa shape index (κ2) is 6.85. The Morgan fingerprint density at radius 1 is 1.43 bits per heavy atom. The van der Waals surface area contributed by atoms with Crippen molar-refractivity contribution in [2.24, 2.45) is 7.05 Å². The minimum Gasteiger partial charge on any atom is -0.491 e. The Hall–Kier alpha value is -1.68. The Labute approximate surface area is 131 Å². The smallest absolute Gasteiger partial charge is 0.131 e. The van der Waals surface area contributed by atoms with E-state index in [1.165, 1.54) is 0 Å². The number of aryl methyl sites for hydroxylation is 2. The Morgan fingerprint density at radius 3 is 2.81 bits per heavy atom. The summed E-state index contributed by atoms with van der Waals surface area (Å²) in [6.07, 6.45) is 1.21. The van der Waals surface area contributed by atoms with E-state index in [2.05, 4.69) is 24.3 Å². The molecule has 1 N–H and O–H groups in total. The maximum absolute atomic E-state index is 6.23. The summed E-state index contributed by atoms with van der Waals surface area (Å²) in [5.41, 5.74) is 2.98. The van der Waals surface area contributed by atoms with Crippen LogP contribution in [0.1, 0.15) is 31.5 Å². The van der Waals surface area contributed by atoms with Crippen LogP contribution in [0.5, 0.6) is 5.75 Å². The van der Waals surface area contributed by atoms with Crippen LogP contribution in [0.15, 0.2) is 24.3 Å². The van der Waals surface area contributed by atoms with Crippen LogP contribution in [0.25, 0.3) is 0 Å². The molecule has 1 aromatic carbocycles. The normalized spacial score (nSPS) is 12.2. The molecule has 1 unspecified atom stereocenters. The van der Waals surface area contributed by atoms with E-state index in [0.717, 1.165) is 29.1 Å². The van der Waals surface area contributed by atoms with Crippen molar-refractivity contribution < 1.29 is 4.74 Å². The summed E-state index contributed by atoms with van der Waals surface area (Å²) in [6, 6.07) is 7.98. The number of hydrogen-bond donors (Lipinski definition) is 1. The number of benzene rings is 1. The molecule has 0 amide bonds. The molecular weight excluding hydrogens is 286 g/mol. The molecule has 0 spiro atoms. The van der Waals surface area contributed by atoms with Gasteiger partial charge in [0.15, 0.2) is 0 Å². The highest BCUT2D eigenvalue weighted by Gasteiger charge is 2.10. The van der Waals surface area contributed by atoms with E-state index in [1.54, 1.807) is 4.68 Å². The second-order valence-corrected chi connectivity index (χ2v) is 5.55. The molecule has 21 heavy (non-hydrogen) atoms. The van der Waals surface area contributed by atoms with Crippen molar-refractivity contribution in [3.8, 4) is 5.75 Å². The standard InChI is InChI=1S/C16H22ClN3O/c1-5-11(2)21-14-8-6-7-13(9-14)18-10-15-12(3)19-20(4)16(15)17/h6-9,11,18H,5,10H2,1-4H3. The minimum absolute atomic E-state index is 0.218. The van der Waals surface area contributed by atoms with Gasteiger partial charge in [0, 0.05) is 30.9 Å². The van der Waals surface area contributed by atoms with E-state index in [0.29, 0.717) is 11.7 Å². The molecule has 0 fully saturated rings. The summed E-state index contributed by atoms with van der Waals surface area (Å²) in [5.74, 6) is 0.878. The fourth-order valence-electron chi connectivity index (χ4n) is 2.06. The number of nitrogens with one attached hydrogen (secondary N) is 1. The number of rotatable bonds is 6. The molecule has 2 aromatic rings. The lowest BCUT2D eigenvalue weighted by atomic mass is 10.2. The van der Waals surface area contributed by atoms with E-state index in [9.17, 15) is 0 Å². The van der Waals surface area contributed by atoms with Crippen LogP contribution < -0.4 is 10.1 Å². The van der Waals surface area contributed by atoms with Crippen molar-refractivity contribution in [2.75, 3.05) is 5.32 Å². The summed E-state index contributed by atoms with van der Waals surface area (Å²) >= 11 is 6.23. The summed E-state index contributed by atoms with van der Waals surface area (Å²) < 4.78 is 7.52. The van der Waals surface area contributed by atoms with E-state index in [1.807, 2.05) is 38.2 Å². The molecule has 5 heteroatoms. The largest absolute Gasteiger partial charge is 0.491 e. The summed E-state index contributed by atoms with van der Waals surface area (Å²) in [7, 11) is 1.85. The quantitative estimate of drug-likeness (QED) is 0.870. The third-order valence-corrected chi connectivity index (χ3v) is 3.96. The molecular formula is C16H22ClN3O. The van der Waals surface area contributed by atoms with Gasteiger partial charge in [0.1, 0.15) is 10.9 Å². The van der Waals surface area contributed by atoms with Crippen molar-refractivity contribution in [1.82, 2.24) is 9.78 Å². The minimum atomic E-state index is 0.218. The molecule has 1 atom stereocenters. The lowest BCUT2D eigenvalue weighted by molar-refractivity contribution is 0.217. The highest BCUT2D eigenvalue weighted by atomic mass is 35.5. The van der Waals surface area contributed by atoms with Gasteiger partial charge in [-0.15, -0.1) is 0 Å². The van der Waals surface area contributed by atoms with Gasteiger partial charge in [-0.1, -0.05) is 24.6 Å². The van der Waals surface area contributed by atoms with E-state index in [4.69, 9.17) is 16.3 Å². The number of anilines is 1. The SMILES string of the molecule is CCC(C)Oc1cccc(NCc2c(C)nn(C)c2Cl)c1. The first-order valence-corrected chi connectivity index (χ1v) is 7.57. The summed E-state index contributed by atoms with van der Waals surface area (Å²) in [4.78, 5) is 0. The van der Waals surface area contributed by atoms with Crippen LogP contribution in [0.4, 0.5) is 5.69 Å². The molecule has 4 nitrogen and oxygen atoms in total. The predicted octanol–water partition coefficient (Wildman–Crippen LogP) is 4.17. The third-order valence-electron chi connectivity index (χ3n) is 3.49. The Balaban J connectivity index is 2.05. The summed E-state index contributed by atoms with van der Waals surface area (Å²) in [5, 5.41) is 8.35. The Morgan fingerprint density at radius 2 is 2.19 bits per heavy atom. The van der Waals surface area contributed by atoms with Gasteiger partial charge in [-0.25, -0.2) is 0 Å². The van der Waals surface area contributed by atoms with Crippen molar-refractivity contribution in [1.29, 1.82) is 0 Å². The number of nitrogens with zero attached hydrogens (tertiary/aromatic N) is 2. The lowest BCUT2D eigenvalue weighted by Crippen LogP contribution is -2.09. The van der Waals surface area contributed by atoms with Crippen LogP contribution in [0.3, 0.4) is 0 Å². The van der Waals surface area contributed by atoms with Crippen molar-refractivity contribution >= 4 is 17.3 Å². The molecule has 0 radical (unpaired) electrons. The zero-order valence-corrected chi connectivity index (χ0v) is 13.7. The van der Waals surface area contributed by atoms with Crippen LogP contribution in [0.2, 0.25) is 5.15 Å².